The number of benzene rings is 2. The van der Waals surface area contributed by atoms with Crippen LogP contribution in [0.15, 0.2) is 47.4 Å². The Morgan fingerprint density at radius 3 is 2.61 bits per heavy atom. The van der Waals surface area contributed by atoms with Crippen molar-refractivity contribution in [1.82, 2.24) is 9.79 Å². The maximum atomic E-state index is 12.9. The third kappa shape index (κ3) is 2.95. The van der Waals surface area contributed by atoms with E-state index in [9.17, 15) is 13.2 Å². The first-order valence-corrected chi connectivity index (χ1v) is 8.92. The number of rotatable bonds is 3. The standard InChI is InChI=1S/C16H18N2O4S/c19-16(17-20)15-7-3-4-10-18(15)23(21,22)14-9-8-12-5-1-2-6-13(12)11-14/h1-2,5-6,8-9,11,15,20H,3-4,7,10H2,(H,17,19)/t15-/m1/s1. The Labute approximate surface area is 134 Å². The molecule has 2 aromatic rings. The van der Waals surface area contributed by atoms with E-state index in [1.54, 1.807) is 23.7 Å². The van der Waals surface area contributed by atoms with Gasteiger partial charge in [-0.05, 0) is 35.7 Å². The quantitative estimate of drug-likeness (QED) is 0.663. The van der Waals surface area contributed by atoms with Crippen molar-refractivity contribution in [3.8, 4) is 0 Å². The van der Waals surface area contributed by atoms with Crippen LogP contribution >= 0.6 is 0 Å². The number of carbonyl (C=O) groups is 1. The Morgan fingerprint density at radius 1 is 1.13 bits per heavy atom. The van der Waals surface area contributed by atoms with Crippen molar-refractivity contribution in [2.45, 2.75) is 30.2 Å². The molecule has 1 aliphatic heterocycles. The first-order chi connectivity index (χ1) is 11.0. The van der Waals surface area contributed by atoms with Crippen LogP contribution in [0.4, 0.5) is 0 Å². The van der Waals surface area contributed by atoms with Crippen LogP contribution < -0.4 is 5.48 Å². The zero-order valence-electron chi connectivity index (χ0n) is 12.5. The van der Waals surface area contributed by atoms with Crippen LogP contribution in [0.25, 0.3) is 10.8 Å². The Bertz CT molecular complexity index is 835. The van der Waals surface area contributed by atoms with Crippen LogP contribution in [0.5, 0.6) is 0 Å². The summed E-state index contributed by atoms with van der Waals surface area (Å²) in [6.07, 6.45) is 1.85. The molecule has 1 aliphatic rings. The molecule has 0 unspecified atom stereocenters. The molecule has 0 aromatic heterocycles. The first-order valence-electron chi connectivity index (χ1n) is 7.48. The summed E-state index contributed by atoms with van der Waals surface area (Å²) in [6.45, 7) is 0.271. The van der Waals surface area contributed by atoms with E-state index >= 15 is 0 Å². The number of hydrogen-bond acceptors (Lipinski definition) is 4. The van der Waals surface area contributed by atoms with Crippen LogP contribution in [-0.4, -0.2) is 36.4 Å². The monoisotopic (exact) mass is 334 g/mol. The van der Waals surface area contributed by atoms with Gasteiger partial charge >= 0.3 is 0 Å². The third-order valence-corrected chi connectivity index (χ3v) is 6.10. The molecular weight excluding hydrogens is 316 g/mol. The number of sulfonamides is 1. The summed E-state index contributed by atoms with van der Waals surface area (Å²) in [7, 11) is -3.80. The van der Waals surface area contributed by atoms with Gasteiger partial charge in [-0.1, -0.05) is 36.8 Å². The van der Waals surface area contributed by atoms with Gasteiger partial charge in [0.15, 0.2) is 0 Å². The molecule has 2 N–H and O–H groups in total. The molecule has 0 radical (unpaired) electrons. The average Bonchev–Trinajstić information content (AvgIpc) is 2.60. The van der Waals surface area contributed by atoms with Crippen LogP contribution in [-0.2, 0) is 14.8 Å². The van der Waals surface area contributed by atoms with E-state index in [1.807, 2.05) is 24.3 Å². The minimum Gasteiger partial charge on any atom is -0.289 e. The van der Waals surface area contributed by atoms with Crippen molar-refractivity contribution in [2.24, 2.45) is 0 Å². The van der Waals surface area contributed by atoms with Gasteiger partial charge in [-0.2, -0.15) is 4.31 Å². The van der Waals surface area contributed by atoms with Gasteiger partial charge in [0.1, 0.15) is 6.04 Å². The van der Waals surface area contributed by atoms with E-state index in [0.717, 1.165) is 17.2 Å². The number of hydrogen-bond donors (Lipinski definition) is 2. The molecule has 1 fully saturated rings. The molecule has 0 saturated carbocycles. The molecule has 1 heterocycles. The molecular formula is C16H18N2O4S. The average molecular weight is 334 g/mol. The Balaban J connectivity index is 2.02. The molecule has 6 nitrogen and oxygen atoms in total. The number of piperidine rings is 1. The van der Waals surface area contributed by atoms with Gasteiger partial charge in [-0.15, -0.1) is 0 Å². The summed E-state index contributed by atoms with van der Waals surface area (Å²) in [5, 5.41) is 10.6. The predicted molar refractivity (Wildman–Crippen MR) is 85.4 cm³/mol. The van der Waals surface area contributed by atoms with Crippen molar-refractivity contribution in [2.75, 3.05) is 6.54 Å². The van der Waals surface area contributed by atoms with Gasteiger partial charge in [0, 0.05) is 6.54 Å². The Hall–Kier alpha value is -1.96. The highest BCUT2D eigenvalue weighted by Gasteiger charge is 2.37. The highest BCUT2D eigenvalue weighted by Crippen LogP contribution is 2.27. The summed E-state index contributed by atoms with van der Waals surface area (Å²) < 4.78 is 27.0. The topological polar surface area (TPSA) is 86.7 Å². The molecule has 1 amide bonds. The third-order valence-electron chi connectivity index (χ3n) is 4.19. The minimum absolute atomic E-state index is 0.161. The second-order valence-corrected chi connectivity index (χ2v) is 7.50. The highest BCUT2D eigenvalue weighted by atomic mass is 32.2. The summed E-state index contributed by atoms with van der Waals surface area (Å²) in [5.74, 6) is -0.686. The number of nitrogens with zero attached hydrogens (tertiary/aromatic N) is 1. The smallest absolute Gasteiger partial charge is 0.261 e. The van der Waals surface area contributed by atoms with Gasteiger partial charge in [0.2, 0.25) is 10.0 Å². The summed E-state index contributed by atoms with van der Waals surface area (Å²) in [4.78, 5) is 12.0. The van der Waals surface area contributed by atoms with Gasteiger partial charge in [-0.3, -0.25) is 10.0 Å². The van der Waals surface area contributed by atoms with Crippen molar-refractivity contribution < 1.29 is 18.4 Å². The number of hydroxylamine groups is 1. The zero-order valence-corrected chi connectivity index (χ0v) is 13.3. The zero-order chi connectivity index (χ0) is 16.4. The SMILES string of the molecule is O=C(NO)[C@H]1CCCCN1S(=O)(=O)c1ccc2ccccc2c1. The van der Waals surface area contributed by atoms with Crippen LogP contribution in [0, 0.1) is 0 Å². The molecule has 23 heavy (non-hydrogen) atoms. The van der Waals surface area contributed by atoms with Crippen LogP contribution in [0.2, 0.25) is 0 Å². The lowest BCUT2D eigenvalue weighted by Gasteiger charge is -2.33. The number of amides is 1. The van der Waals surface area contributed by atoms with E-state index in [0.29, 0.717) is 12.8 Å². The van der Waals surface area contributed by atoms with E-state index in [4.69, 9.17) is 5.21 Å². The maximum Gasteiger partial charge on any atom is 0.261 e. The van der Waals surface area contributed by atoms with Crippen LogP contribution in [0.1, 0.15) is 19.3 Å². The molecule has 2 aromatic carbocycles. The summed E-state index contributed by atoms with van der Waals surface area (Å²) in [6, 6.07) is 11.6. The Morgan fingerprint density at radius 2 is 1.87 bits per heavy atom. The molecule has 0 aliphatic carbocycles. The number of nitrogens with one attached hydrogen (secondary N) is 1. The van der Waals surface area contributed by atoms with Crippen molar-refractivity contribution in [3.05, 3.63) is 42.5 Å². The van der Waals surface area contributed by atoms with E-state index in [-0.39, 0.29) is 11.4 Å². The molecule has 1 saturated heterocycles. The van der Waals surface area contributed by atoms with Crippen LogP contribution in [0.3, 0.4) is 0 Å². The molecule has 7 heteroatoms. The fourth-order valence-electron chi connectivity index (χ4n) is 2.99. The predicted octanol–water partition coefficient (Wildman–Crippen LogP) is 1.89. The molecule has 0 spiro atoms. The van der Waals surface area contributed by atoms with Crippen molar-refractivity contribution in [3.63, 3.8) is 0 Å². The first kappa shape index (κ1) is 15.9. The number of fused-ring (bicyclic) bond motifs is 1. The minimum atomic E-state index is -3.80. The fourth-order valence-corrected chi connectivity index (χ4v) is 4.68. The summed E-state index contributed by atoms with van der Waals surface area (Å²) >= 11 is 0. The fraction of sp³-hybridized carbons (Fsp3) is 0.312. The lowest BCUT2D eigenvalue weighted by molar-refractivity contribution is -0.134. The van der Waals surface area contributed by atoms with Gasteiger partial charge in [0.05, 0.1) is 4.90 Å². The Kier molecular flexibility index (Phi) is 4.34. The lowest BCUT2D eigenvalue weighted by Crippen LogP contribution is -2.51. The second kappa shape index (κ2) is 6.27. The van der Waals surface area contributed by atoms with E-state index in [2.05, 4.69) is 0 Å². The second-order valence-electron chi connectivity index (χ2n) is 5.61. The molecule has 3 rings (SSSR count). The van der Waals surface area contributed by atoms with Crippen molar-refractivity contribution in [1.29, 1.82) is 0 Å². The van der Waals surface area contributed by atoms with Gasteiger partial charge in [-0.25, -0.2) is 13.9 Å². The molecule has 0 bridgehead atoms. The van der Waals surface area contributed by atoms with E-state index in [1.165, 1.54) is 4.31 Å². The highest BCUT2D eigenvalue weighted by molar-refractivity contribution is 7.89. The van der Waals surface area contributed by atoms with Crippen molar-refractivity contribution >= 4 is 26.7 Å². The van der Waals surface area contributed by atoms with Gasteiger partial charge in [0.25, 0.3) is 5.91 Å². The summed E-state index contributed by atoms with van der Waals surface area (Å²) in [5.41, 5.74) is 1.57. The van der Waals surface area contributed by atoms with E-state index < -0.39 is 22.0 Å². The molecule has 122 valence electrons. The molecule has 1 atom stereocenters. The largest absolute Gasteiger partial charge is 0.289 e. The number of carbonyl (C=O) groups excluding carboxylic acids is 1. The van der Waals surface area contributed by atoms with Gasteiger partial charge < -0.3 is 0 Å². The normalized spacial score (nSPS) is 19.6. The maximum absolute atomic E-state index is 12.9. The lowest BCUT2D eigenvalue weighted by atomic mass is 10.0.